The normalized spacial score (nSPS) is 12.2. The molecule has 2 aromatic carbocycles. The third kappa shape index (κ3) is 3.16. The van der Waals surface area contributed by atoms with Crippen LogP contribution in [0.2, 0.25) is 0 Å². The average molecular weight is 340 g/mol. The zero-order chi connectivity index (χ0) is 17.2. The summed E-state index contributed by atoms with van der Waals surface area (Å²) in [7, 11) is 0. The number of nitrogens with zero attached hydrogens (tertiary/aromatic N) is 1. The Morgan fingerprint density at radius 3 is 2.72 bits per heavy atom. The number of amides is 1. The molecule has 0 fully saturated rings. The fraction of sp³-hybridized carbons (Fsp3) is 0.111. The molecular formula is C18H13FN2O4. The predicted molar refractivity (Wildman–Crippen MR) is 85.6 cm³/mol. The van der Waals surface area contributed by atoms with Gasteiger partial charge in [0, 0.05) is 17.2 Å². The van der Waals surface area contributed by atoms with Crippen molar-refractivity contribution < 1.29 is 23.2 Å². The SMILES string of the molecule is O=C(NCc1cc(-c2ccc(F)cc2)on1)c1ccc2c(c1)OCO2. The molecule has 0 unspecified atom stereocenters. The summed E-state index contributed by atoms with van der Waals surface area (Å²) in [5.74, 6) is 1.10. The van der Waals surface area contributed by atoms with E-state index in [1.54, 1.807) is 36.4 Å². The third-order valence-electron chi connectivity index (χ3n) is 3.75. The summed E-state index contributed by atoms with van der Waals surface area (Å²) in [6.07, 6.45) is 0. The maximum absolute atomic E-state index is 13.0. The van der Waals surface area contributed by atoms with Crippen molar-refractivity contribution >= 4 is 5.91 Å². The van der Waals surface area contributed by atoms with E-state index < -0.39 is 0 Å². The number of carbonyl (C=O) groups is 1. The lowest BCUT2D eigenvalue weighted by atomic mass is 10.1. The molecule has 0 saturated heterocycles. The molecule has 0 saturated carbocycles. The van der Waals surface area contributed by atoms with Gasteiger partial charge in [-0.2, -0.15) is 0 Å². The minimum Gasteiger partial charge on any atom is -0.454 e. The molecule has 3 aromatic rings. The van der Waals surface area contributed by atoms with Gasteiger partial charge < -0.3 is 19.3 Å². The molecule has 6 nitrogen and oxygen atoms in total. The van der Waals surface area contributed by atoms with Gasteiger partial charge in [-0.05, 0) is 42.5 Å². The first kappa shape index (κ1) is 15.2. The standard InChI is InChI=1S/C18H13FN2O4/c19-13-4-1-11(2-5-13)16-8-14(21-25-16)9-20-18(22)12-3-6-15-17(7-12)24-10-23-15/h1-8H,9-10H2,(H,20,22). The first-order chi connectivity index (χ1) is 12.2. The fourth-order valence-electron chi connectivity index (χ4n) is 2.46. The number of halogens is 1. The minimum absolute atomic E-state index is 0.158. The van der Waals surface area contributed by atoms with Crippen LogP contribution in [-0.2, 0) is 6.54 Å². The molecule has 7 heteroatoms. The van der Waals surface area contributed by atoms with Crippen LogP contribution in [0.5, 0.6) is 11.5 Å². The van der Waals surface area contributed by atoms with Crippen LogP contribution >= 0.6 is 0 Å². The van der Waals surface area contributed by atoms with E-state index in [4.69, 9.17) is 14.0 Å². The van der Waals surface area contributed by atoms with Crippen LogP contribution in [0.25, 0.3) is 11.3 Å². The van der Waals surface area contributed by atoms with Gasteiger partial charge in [-0.25, -0.2) is 4.39 Å². The summed E-state index contributed by atoms with van der Waals surface area (Å²) in [5, 5.41) is 6.67. The van der Waals surface area contributed by atoms with Gasteiger partial charge in [0.15, 0.2) is 17.3 Å². The van der Waals surface area contributed by atoms with Crippen LogP contribution in [0.3, 0.4) is 0 Å². The molecule has 0 spiro atoms. The van der Waals surface area contributed by atoms with Crippen LogP contribution < -0.4 is 14.8 Å². The third-order valence-corrected chi connectivity index (χ3v) is 3.75. The Labute approximate surface area is 142 Å². The van der Waals surface area contributed by atoms with Gasteiger partial charge in [-0.3, -0.25) is 4.79 Å². The summed E-state index contributed by atoms with van der Waals surface area (Å²) in [4.78, 5) is 12.2. The molecule has 25 heavy (non-hydrogen) atoms. The molecule has 0 aliphatic carbocycles. The van der Waals surface area contributed by atoms with Gasteiger partial charge in [-0.15, -0.1) is 0 Å². The lowest BCUT2D eigenvalue weighted by Gasteiger charge is -2.04. The van der Waals surface area contributed by atoms with Gasteiger partial charge in [-0.1, -0.05) is 5.16 Å². The first-order valence-corrected chi connectivity index (χ1v) is 7.58. The van der Waals surface area contributed by atoms with Crippen molar-refractivity contribution in [3.63, 3.8) is 0 Å². The van der Waals surface area contributed by atoms with Gasteiger partial charge >= 0.3 is 0 Å². The van der Waals surface area contributed by atoms with Crippen molar-refractivity contribution in [2.45, 2.75) is 6.54 Å². The number of aromatic nitrogens is 1. The summed E-state index contributed by atoms with van der Waals surface area (Å²) in [6.45, 7) is 0.365. The molecular weight excluding hydrogens is 327 g/mol. The lowest BCUT2D eigenvalue weighted by Crippen LogP contribution is -2.22. The number of hydrogen-bond donors (Lipinski definition) is 1. The van der Waals surface area contributed by atoms with Crippen molar-refractivity contribution in [2.24, 2.45) is 0 Å². The molecule has 1 aliphatic heterocycles. The highest BCUT2D eigenvalue weighted by Crippen LogP contribution is 2.32. The van der Waals surface area contributed by atoms with Crippen LogP contribution in [0.4, 0.5) is 4.39 Å². The first-order valence-electron chi connectivity index (χ1n) is 7.58. The maximum Gasteiger partial charge on any atom is 0.251 e. The van der Waals surface area contributed by atoms with E-state index >= 15 is 0 Å². The van der Waals surface area contributed by atoms with Crippen molar-refractivity contribution in [3.8, 4) is 22.8 Å². The second-order valence-corrected chi connectivity index (χ2v) is 5.44. The second-order valence-electron chi connectivity index (χ2n) is 5.44. The quantitative estimate of drug-likeness (QED) is 0.790. The van der Waals surface area contributed by atoms with Crippen LogP contribution in [0.1, 0.15) is 16.1 Å². The molecule has 4 rings (SSSR count). The highest BCUT2D eigenvalue weighted by atomic mass is 19.1. The van der Waals surface area contributed by atoms with E-state index in [2.05, 4.69) is 10.5 Å². The Bertz CT molecular complexity index is 921. The number of benzene rings is 2. The summed E-state index contributed by atoms with van der Waals surface area (Å²) >= 11 is 0. The number of rotatable bonds is 4. The number of carbonyl (C=O) groups excluding carboxylic acids is 1. The number of fused-ring (bicyclic) bond motifs is 1. The van der Waals surface area contributed by atoms with E-state index in [0.29, 0.717) is 34.1 Å². The summed E-state index contributed by atoms with van der Waals surface area (Å²) in [5.41, 5.74) is 1.74. The van der Waals surface area contributed by atoms with Crippen LogP contribution in [0, 0.1) is 5.82 Å². The second kappa shape index (κ2) is 6.27. The Balaban J connectivity index is 1.41. The van der Waals surface area contributed by atoms with Gasteiger partial charge in [0.2, 0.25) is 6.79 Å². The largest absolute Gasteiger partial charge is 0.454 e. The zero-order valence-electron chi connectivity index (χ0n) is 13.0. The number of hydrogen-bond acceptors (Lipinski definition) is 5. The summed E-state index contributed by atoms with van der Waals surface area (Å²) < 4.78 is 28.7. The molecule has 1 amide bonds. The predicted octanol–water partition coefficient (Wildman–Crippen LogP) is 3.14. The van der Waals surface area contributed by atoms with E-state index in [-0.39, 0.29) is 25.1 Å². The fourth-order valence-corrected chi connectivity index (χ4v) is 2.46. The minimum atomic E-state index is -0.320. The lowest BCUT2D eigenvalue weighted by molar-refractivity contribution is 0.0949. The molecule has 1 N–H and O–H groups in total. The van der Waals surface area contributed by atoms with Gasteiger partial charge in [0.05, 0.1) is 6.54 Å². The Hall–Kier alpha value is -3.35. The smallest absolute Gasteiger partial charge is 0.251 e. The van der Waals surface area contributed by atoms with Crippen molar-refractivity contribution in [3.05, 3.63) is 65.6 Å². The molecule has 126 valence electrons. The van der Waals surface area contributed by atoms with Gasteiger partial charge in [0.25, 0.3) is 5.91 Å². The maximum atomic E-state index is 13.0. The molecule has 1 aliphatic rings. The van der Waals surface area contributed by atoms with Crippen LogP contribution in [0.15, 0.2) is 53.1 Å². The highest BCUT2D eigenvalue weighted by molar-refractivity contribution is 5.94. The molecule has 0 bridgehead atoms. The van der Waals surface area contributed by atoms with Gasteiger partial charge in [0.1, 0.15) is 11.5 Å². The topological polar surface area (TPSA) is 73.6 Å². The Kier molecular flexibility index (Phi) is 3.81. The van der Waals surface area contributed by atoms with Crippen molar-refractivity contribution in [2.75, 3.05) is 6.79 Å². The van der Waals surface area contributed by atoms with E-state index in [9.17, 15) is 9.18 Å². The van der Waals surface area contributed by atoms with E-state index in [1.165, 1.54) is 12.1 Å². The summed E-state index contributed by atoms with van der Waals surface area (Å²) in [6, 6.07) is 12.6. The van der Waals surface area contributed by atoms with Crippen molar-refractivity contribution in [1.82, 2.24) is 10.5 Å². The molecule has 1 aromatic heterocycles. The zero-order valence-corrected chi connectivity index (χ0v) is 13.0. The van der Waals surface area contributed by atoms with E-state index in [0.717, 1.165) is 0 Å². The van der Waals surface area contributed by atoms with E-state index in [1.807, 2.05) is 0 Å². The molecule has 0 atom stereocenters. The molecule has 0 radical (unpaired) electrons. The number of ether oxygens (including phenoxy) is 2. The van der Waals surface area contributed by atoms with Crippen LogP contribution in [-0.4, -0.2) is 17.9 Å². The van der Waals surface area contributed by atoms with Crippen molar-refractivity contribution in [1.29, 1.82) is 0 Å². The average Bonchev–Trinajstić information content (AvgIpc) is 3.29. The highest BCUT2D eigenvalue weighted by Gasteiger charge is 2.16. The Morgan fingerprint density at radius 2 is 1.88 bits per heavy atom. The number of nitrogens with one attached hydrogen (secondary N) is 1. The monoisotopic (exact) mass is 340 g/mol. The molecule has 2 heterocycles. The Morgan fingerprint density at radius 1 is 1.08 bits per heavy atom.